The number of benzene rings is 1. The van der Waals surface area contributed by atoms with E-state index in [4.69, 9.17) is 32.2 Å². The van der Waals surface area contributed by atoms with Crippen LogP contribution in [-0.2, 0) is 19.1 Å². The van der Waals surface area contributed by atoms with Gasteiger partial charge in [0, 0.05) is 22.4 Å². The molecule has 2 unspecified atom stereocenters. The van der Waals surface area contributed by atoms with Gasteiger partial charge >= 0.3 is 11.9 Å². The Kier molecular flexibility index (Phi) is 8.28. The molecule has 1 aromatic carbocycles. The summed E-state index contributed by atoms with van der Waals surface area (Å²) >= 11 is 7.23. The minimum Gasteiger partial charge on any atom is -0.465 e. The van der Waals surface area contributed by atoms with E-state index in [0.717, 1.165) is 11.8 Å². The van der Waals surface area contributed by atoms with Crippen LogP contribution < -0.4 is 5.73 Å². The molecule has 0 radical (unpaired) electrons. The van der Waals surface area contributed by atoms with Gasteiger partial charge in [-0.15, -0.1) is 0 Å². The molecule has 0 bridgehead atoms. The molecular formula is C20H24ClN3O4S. The lowest BCUT2D eigenvalue weighted by molar-refractivity contribution is -0.146. The van der Waals surface area contributed by atoms with Crippen molar-refractivity contribution in [3.05, 3.63) is 46.1 Å². The molecule has 0 saturated heterocycles. The number of hydrogen-bond acceptors (Lipinski definition) is 7. The highest BCUT2D eigenvalue weighted by molar-refractivity contribution is 8.13. The summed E-state index contributed by atoms with van der Waals surface area (Å²) in [6, 6.07) is 6.99. The highest BCUT2D eigenvalue weighted by Crippen LogP contribution is 2.41. The van der Waals surface area contributed by atoms with Crippen LogP contribution in [0.5, 0.6) is 0 Å². The Labute approximate surface area is 179 Å². The number of halogens is 1. The van der Waals surface area contributed by atoms with Crippen molar-refractivity contribution in [2.24, 2.45) is 16.6 Å². The van der Waals surface area contributed by atoms with E-state index >= 15 is 0 Å². The van der Waals surface area contributed by atoms with E-state index in [2.05, 4.69) is 4.99 Å². The van der Waals surface area contributed by atoms with Gasteiger partial charge in [-0.25, -0.2) is 4.79 Å². The fourth-order valence-electron chi connectivity index (χ4n) is 3.24. The van der Waals surface area contributed by atoms with Crippen LogP contribution in [0.1, 0.15) is 32.3 Å². The molecule has 1 aliphatic rings. The molecule has 0 aromatic heterocycles. The van der Waals surface area contributed by atoms with E-state index in [1.807, 2.05) is 0 Å². The van der Waals surface area contributed by atoms with Crippen LogP contribution in [0.25, 0.3) is 0 Å². The molecule has 1 heterocycles. The van der Waals surface area contributed by atoms with Crippen LogP contribution in [0.4, 0.5) is 0 Å². The average molecular weight is 438 g/mol. The number of esters is 2. The summed E-state index contributed by atoms with van der Waals surface area (Å²) in [7, 11) is 0. The van der Waals surface area contributed by atoms with Gasteiger partial charge in [-0.05, 0) is 38.5 Å². The minimum atomic E-state index is -0.793. The lowest BCUT2D eigenvalue weighted by Crippen LogP contribution is -2.37. The van der Waals surface area contributed by atoms with E-state index in [0.29, 0.717) is 22.0 Å². The van der Waals surface area contributed by atoms with Gasteiger partial charge in [0.25, 0.3) is 0 Å². The zero-order chi connectivity index (χ0) is 21.6. The summed E-state index contributed by atoms with van der Waals surface area (Å²) < 4.78 is 10.5. The van der Waals surface area contributed by atoms with E-state index < -0.39 is 23.8 Å². The lowest BCUT2D eigenvalue weighted by Gasteiger charge is -2.32. The summed E-state index contributed by atoms with van der Waals surface area (Å²) in [6.45, 7) is 5.52. The largest absolute Gasteiger partial charge is 0.465 e. The maximum atomic E-state index is 12.9. The van der Waals surface area contributed by atoms with Crippen LogP contribution in [0.3, 0.4) is 0 Å². The molecule has 0 aliphatic carbocycles. The standard InChI is InChI=1S/C20H24ClN3O4S/c1-4-27-18(25)15-11(3)24-14(10-29-20(22)23)17(19(26)28-5-2)16(15)12-7-6-8-13(21)9-12/h6-9,15-16H,4-5,10H2,1-3H3,(H3,22,23). The van der Waals surface area contributed by atoms with Crippen LogP contribution in [0, 0.1) is 11.3 Å². The third-order valence-corrected chi connectivity index (χ3v) is 5.29. The number of hydrogen-bond donors (Lipinski definition) is 2. The molecule has 7 nitrogen and oxygen atoms in total. The topological polar surface area (TPSA) is 115 Å². The monoisotopic (exact) mass is 437 g/mol. The lowest BCUT2D eigenvalue weighted by atomic mass is 9.75. The molecule has 0 saturated carbocycles. The summed E-state index contributed by atoms with van der Waals surface area (Å²) in [5, 5.41) is 7.87. The smallest absolute Gasteiger partial charge is 0.336 e. The number of aliphatic imine (C=N–C) groups is 1. The highest BCUT2D eigenvalue weighted by atomic mass is 35.5. The van der Waals surface area contributed by atoms with E-state index in [1.54, 1.807) is 45.0 Å². The van der Waals surface area contributed by atoms with Crippen molar-refractivity contribution in [3.63, 3.8) is 0 Å². The number of rotatable bonds is 7. The second-order valence-corrected chi connectivity index (χ2v) is 7.70. The normalized spacial score (nSPS) is 18.8. The van der Waals surface area contributed by atoms with Gasteiger partial charge in [0.1, 0.15) is 5.92 Å². The number of carbonyl (C=O) groups excluding carboxylic acids is 2. The molecule has 1 aliphatic heterocycles. The first-order chi connectivity index (χ1) is 13.8. The van der Waals surface area contributed by atoms with Crippen molar-refractivity contribution in [1.29, 1.82) is 5.41 Å². The van der Waals surface area contributed by atoms with Crippen molar-refractivity contribution < 1.29 is 19.1 Å². The third kappa shape index (κ3) is 5.61. The first kappa shape index (κ1) is 23.0. The molecule has 1 aromatic rings. The molecular weight excluding hydrogens is 414 g/mol. The van der Waals surface area contributed by atoms with Crippen molar-refractivity contribution in [2.45, 2.75) is 26.7 Å². The fraction of sp³-hybridized carbons (Fsp3) is 0.400. The number of ether oxygens (including phenoxy) is 2. The highest BCUT2D eigenvalue weighted by Gasteiger charge is 2.43. The third-order valence-electron chi connectivity index (χ3n) is 4.32. The van der Waals surface area contributed by atoms with Gasteiger partial charge in [-0.3, -0.25) is 15.2 Å². The van der Waals surface area contributed by atoms with Gasteiger partial charge in [0.05, 0.1) is 24.5 Å². The molecule has 2 rings (SSSR count). The number of amidine groups is 1. The van der Waals surface area contributed by atoms with Crippen molar-refractivity contribution in [1.82, 2.24) is 0 Å². The second kappa shape index (κ2) is 10.5. The van der Waals surface area contributed by atoms with Gasteiger partial charge < -0.3 is 15.2 Å². The minimum absolute atomic E-state index is 0.0969. The van der Waals surface area contributed by atoms with Crippen LogP contribution in [-0.4, -0.2) is 41.8 Å². The number of nitrogens with zero attached hydrogens (tertiary/aromatic N) is 1. The van der Waals surface area contributed by atoms with Gasteiger partial charge in [0.2, 0.25) is 0 Å². The van der Waals surface area contributed by atoms with Crippen LogP contribution >= 0.6 is 23.4 Å². The Hall–Kier alpha value is -2.32. The molecule has 29 heavy (non-hydrogen) atoms. The number of carbonyl (C=O) groups is 2. The number of nitrogens with two attached hydrogens (primary N) is 1. The maximum absolute atomic E-state index is 12.9. The molecule has 3 N–H and O–H groups in total. The summed E-state index contributed by atoms with van der Waals surface area (Å²) in [6.07, 6.45) is 0. The van der Waals surface area contributed by atoms with Gasteiger partial charge in [0.15, 0.2) is 5.17 Å². The van der Waals surface area contributed by atoms with E-state index in [1.165, 1.54) is 0 Å². The predicted molar refractivity (Wildman–Crippen MR) is 115 cm³/mol. The van der Waals surface area contributed by atoms with E-state index in [-0.39, 0.29) is 29.7 Å². The average Bonchev–Trinajstić information content (AvgIpc) is 2.65. The zero-order valence-electron chi connectivity index (χ0n) is 16.5. The first-order valence-corrected chi connectivity index (χ1v) is 10.5. The van der Waals surface area contributed by atoms with Crippen molar-refractivity contribution in [3.8, 4) is 0 Å². The van der Waals surface area contributed by atoms with E-state index in [9.17, 15) is 9.59 Å². The van der Waals surface area contributed by atoms with Gasteiger partial charge in [-0.2, -0.15) is 0 Å². The fourth-order valence-corrected chi connectivity index (χ4v) is 3.95. The molecule has 0 fully saturated rings. The number of nitrogens with one attached hydrogen (secondary N) is 1. The predicted octanol–water partition coefficient (Wildman–Crippen LogP) is 3.52. The summed E-state index contributed by atoms with van der Waals surface area (Å²) in [4.78, 5) is 30.2. The van der Waals surface area contributed by atoms with Crippen molar-refractivity contribution >= 4 is 46.2 Å². The van der Waals surface area contributed by atoms with Gasteiger partial charge in [-0.1, -0.05) is 35.5 Å². The van der Waals surface area contributed by atoms with Crippen LogP contribution in [0.2, 0.25) is 5.02 Å². The first-order valence-electron chi connectivity index (χ1n) is 9.14. The second-order valence-electron chi connectivity index (χ2n) is 6.25. The molecule has 0 spiro atoms. The molecule has 156 valence electrons. The summed E-state index contributed by atoms with van der Waals surface area (Å²) in [5.41, 5.74) is 7.34. The SMILES string of the molecule is CCOC(=O)C1=C(CSC(=N)N)N=C(C)C(C(=O)OCC)C1c1cccc(Cl)c1. The maximum Gasteiger partial charge on any atom is 0.336 e. The van der Waals surface area contributed by atoms with Crippen molar-refractivity contribution in [2.75, 3.05) is 19.0 Å². The Morgan fingerprint density at radius 2 is 1.97 bits per heavy atom. The summed E-state index contributed by atoms with van der Waals surface area (Å²) in [5.74, 6) is -2.31. The number of thioether (sulfide) groups is 1. The molecule has 2 atom stereocenters. The van der Waals surface area contributed by atoms with Crippen LogP contribution in [0.15, 0.2) is 40.5 Å². The molecule has 0 amide bonds. The Morgan fingerprint density at radius 1 is 1.28 bits per heavy atom. The molecule has 9 heteroatoms. The Balaban J connectivity index is 2.69. The quantitative estimate of drug-likeness (QED) is 0.383. The Morgan fingerprint density at radius 3 is 2.55 bits per heavy atom. The Bertz CT molecular complexity index is 869. The zero-order valence-corrected chi connectivity index (χ0v) is 18.1.